The van der Waals surface area contributed by atoms with E-state index in [0.29, 0.717) is 50.4 Å². The average molecular weight is 443 g/mol. The maximum atomic E-state index is 13.7. The van der Waals surface area contributed by atoms with Crippen LogP contribution in [0, 0.1) is 6.92 Å². The molecule has 1 atom stereocenters. The first kappa shape index (κ1) is 22.3. The van der Waals surface area contributed by atoms with Gasteiger partial charge in [-0.3, -0.25) is 9.59 Å². The Morgan fingerprint density at radius 3 is 2.36 bits per heavy atom. The van der Waals surface area contributed by atoms with Crippen LogP contribution in [0.2, 0.25) is 0 Å². The number of aryl methyl sites for hydroxylation is 1. The van der Waals surface area contributed by atoms with Crippen LogP contribution in [0.15, 0.2) is 86.3 Å². The third-order valence-electron chi connectivity index (χ3n) is 5.76. The second-order valence-electron chi connectivity index (χ2n) is 8.00. The lowest BCUT2D eigenvalue weighted by Crippen LogP contribution is -2.32. The first-order valence-corrected chi connectivity index (χ1v) is 10.8. The Labute approximate surface area is 191 Å². The van der Waals surface area contributed by atoms with Crippen molar-refractivity contribution in [2.24, 2.45) is 0 Å². The van der Waals surface area contributed by atoms with Crippen molar-refractivity contribution >= 4 is 22.7 Å². The highest BCUT2D eigenvalue weighted by atomic mass is 16.5. The van der Waals surface area contributed by atoms with Crippen LogP contribution in [0.5, 0.6) is 0 Å². The van der Waals surface area contributed by atoms with Gasteiger partial charge in [-0.15, -0.1) is 0 Å². The summed E-state index contributed by atoms with van der Waals surface area (Å²) in [7, 11) is 0. The monoisotopic (exact) mass is 443 g/mol. The van der Waals surface area contributed by atoms with Crippen LogP contribution >= 0.6 is 0 Å². The smallest absolute Gasteiger partial charge is 0.336 e. The lowest BCUT2D eigenvalue weighted by atomic mass is 9.77. The molecular formula is C27H25NO5. The number of ketones is 1. The summed E-state index contributed by atoms with van der Waals surface area (Å²) < 4.78 is 11.4. The molecule has 33 heavy (non-hydrogen) atoms. The molecule has 6 heteroatoms. The van der Waals surface area contributed by atoms with Crippen LogP contribution in [0.3, 0.4) is 0 Å². The van der Waals surface area contributed by atoms with E-state index in [1.807, 2.05) is 6.07 Å². The molecule has 1 aliphatic rings. The molecule has 0 saturated heterocycles. The molecule has 0 bridgehead atoms. The molecule has 1 aliphatic heterocycles. The molecule has 1 unspecified atom stereocenters. The predicted molar refractivity (Wildman–Crippen MR) is 126 cm³/mol. The van der Waals surface area contributed by atoms with Crippen LogP contribution in [0.1, 0.15) is 48.4 Å². The third kappa shape index (κ3) is 4.00. The van der Waals surface area contributed by atoms with E-state index in [2.05, 4.69) is 5.32 Å². The van der Waals surface area contributed by atoms with Gasteiger partial charge in [0.1, 0.15) is 11.3 Å². The molecular weight excluding hydrogens is 418 g/mol. The van der Waals surface area contributed by atoms with Crippen LogP contribution in [0.25, 0.3) is 11.0 Å². The van der Waals surface area contributed by atoms with Gasteiger partial charge < -0.3 is 14.5 Å². The number of nitrogens with one attached hydrogen (secondary N) is 1. The van der Waals surface area contributed by atoms with Crippen molar-refractivity contribution in [2.75, 3.05) is 6.61 Å². The van der Waals surface area contributed by atoms with Crippen LogP contribution < -0.4 is 10.7 Å². The van der Waals surface area contributed by atoms with Crippen molar-refractivity contribution < 1.29 is 18.7 Å². The summed E-state index contributed by atoms with van der Waals surface area (Å²) in [6, 6.07) is 15.5. The number of carbonyl (C=O) groups excluding carboxylic acids is 2. The fraction of sp³-hybridized carbons (Fsp3) is 0.222. The molecule has 0 amide bonds. The van der Waals surface area contributed by atoms with Gasteiger partial charge in [0.25, 0.3) is 0 Å². The summed E-state index contributed by atoms with van der Waals surface area (Å²) in [5, 5.41) is 3.58. The Morgan fingerprint density at radius 1 is 0.970 bits per heavy atom. The molecule has 1 N–H and O–H groups in total. The molecule has 2 heterocycles. The van der Waals surface area contributed by atoms with E-state index in [1.54, 1.807) is 70.2 Å². The second kappa shape index (κ2) is 8.90. The first-order valence-electron chi connectivity index (χ1n) is 10.8. The van der Waals surface area contributed by atoms with Gasteiger partial charge >= 0.3 is 5.97 Å². The number of esters is 1. The Balaban J connectivity index is 2.03. The van der Waals surface area contributed by atoms with Crippen molar-refractivity contribution in [1.82, 2.24) is 5.32 Å². The van der Waals surface area contributed by atoms with E-state index < -0.39 is 11.9 Å². The molecule has 4 rings (SSSR count). The van der Waals surface area contributed by atoms with E-state index in [0.717, 1.165) is 0 Å². The Hall–Kier alpha value is -3.93. The van der Waals surface area contributed by atoms with E-state index in [1.165, 1.54) is 6.07 Å². The topological polar surface area (TPSA) is 85.6 Å². The van der Waals surface area contributed by atoms with Crippen molar-refractivity contribution in [2.45, 2.75) is 33.6 Å². The lowest BCUT2D eigenvalue weighted by Gasteiger charge is -2.31. The SMILES string of the molecule is CCOC(=O)C1=C(C)NC(C)=C(C(=O)c2ccccc2)C1c1cccc2c(=O)cc(C)oc12. The standard InChI is InChI=1S/C27H25NO5/c1-5-32-27(31)23-17(4)28-16(3)22(25(30)18-10-7-6-8-11-18)24(23)20-13-9-12-19-21(29)14-15(2)33-26(19)20/h6-14,24,28H,5H2,1-4H3. The summed E-state index contributed by atoms with van der Waals surface area (Å²) in [4.78, 5) is 39.5. The Bertz CT molecular complexity index is 1380. The van der Waals surface area contributed by atoms with Gasteiger partial charge in [0.2, 0.25) is 0 Å². The van der Waals surface area contributed by atoms with Crippen molar-refractivity contribution in [1.29, 1.82) is 0 Å². The highest BCUT2D eigenvalue weighted by molar-refractivity contribution is 6.12. The first-order chi connectivity index (χ1) is 15.8. The largest absolute Gasteiger partial charge is 0.463 e. The molecule has 0 aliphatic carbocycles. The van der Waals surface area contributed by atoms with Gasteiger partial charge in [-0.1, -0.05) is 42.5 Å². The number of para-hydroxylation sites is 1. The number of allylic oxidation sites excluding steroid dienone is 3. The zero-order chi connectivity index (χ0) is 23.7. The minimum absolute atomic E-state index is 0.181. The highest BCUT2D eigenvalue weighted by Gasteiger charge is 2.38. The molecule has 0 spiro atoms. The zero-order valence-electron chi connectivity index (χ0n) is 19.0. The number of dihydropyridines is 1. The van der Waals surface area contributed by atoms with Crippen molar-refractivity contribution in [3.63, 3.8) is 0 Å². The molecule has 1 aromatic heterocycles. The molecule has 0 fully saturated rings. The normalized spacial score (nSPS) is 16.1. The van der Waals surface area contributed by atoms with Gasteiger partial charge in [0.05, 0.1) is 23.5 Å². The molecule has 0 radical (unpaired) electrons. The van der Waals surface area contributed by atoms with Crippen LogP contribution in [-0.2, 0) is 9.53 Å². The van der Waals surface area contributed by atoms with Crippen molar-refractivity contribution in [3.05, 3.63) is 104 Å². The molecule has 3 aromatic rings. The molecule has 6 nitrogen and oxygen atoms in total. The number of fused-ring (bicyclic) bond motifs is 1. The van der Waals surface area contributed by atoms with Crippen LogP contribution in [0.4, 0.5) is 0 Å². The quantitative estimate of drug-likeness (QED) is 0.451. The average Bonchev–Trinajstić information content (AvgIpc) is 2.78. The van der Waals surface area contributed by atoms with E-state index >= 15 is 0 Å². The number of benzene rings is 2. The van der Waals surface area contributed by atoms with E-state index in [-0.39, 0.29) is 17.8 Å². The van der Waals surface area contributed by atoms with Gasteiger partial charge in [-0.25, -0.2) is 4.79 Å². The number of hydrogen-bond acceptors (Lipinski definition) is 6. The lowest BCUT2D eigenvalue weighted by molar-refractivity contribution is -0.138. The molecule has 0 saturated carbocycles. The Kier molecular flexibility index (Phi) is 6.01. The summed E-state index contributed by atoms with van der Waals surface area (Å²) in [6.07, 6.45) is 0. The number of Topliss-reactive ketones (excluding diaryl/α,β-unsaturated/α-hetero) is 1. The van der Waals surface area contributed by atoms with E-state index in [4.69, 9.17) is 9.15 Å². The maximum absolute atomic E-state index is 13.7. The van der Waals surface area contributed by atoms with Crippen LogP contribution in [-0.4, -0.2) is 18.4 Å². The van der Waals surface area contributed by atoms with Gasteiger partial charge in [0.15, 0.2) is 11.2 Å². The number of ether oxygens (including phenoxy) is 1. The summed E-state index contributed by atoms with van der Waals surface area (Å²) in [6.45, 7) is 7.21. The Morgan fingerprint density at radius 2 is 1.67 bits per heavy atom. The molecule has 2 aromatic carbocycles. The number of rotatable bonds is 5. The summed E-state index contributed by atoms with van der Waals surface area (Å²) >= 11 is 0. The summed E-state index contributed by atoms with van der Waals surface area (Å²) in [5.74, 6) is -1.06. The second-order valence-corrected chi connectivity index (χ2v) is 8.00. The van der Waals surface area contributed by atoms with Gasteiger partial charge in [0, 0.05) is 34.2 Å². The molecule has 168 valence electrons. The highest BCUT2D eigenvalue weighted by Crippen LogP contribution is 2.42. The summed E-state index contributed by atoms with van der Waals surface area (Å²) in [5.41, 5.74) is 3.19. The van der Waals surface area contributed by atoms with Gasteiger partial charge in [-0.05, 0) is 33.8 Å². The fourth-order valence-electron chi connectivity index (χ4n) is 4.37. The zero-order valence-corrected chi connectivity index (χ0v) is 19.0. The minimum atomic E-state index is -0.772. The van der Waals surface area contributed by atoms with Gasteiger partial charge in [-0.2, -0.15) is 0 Å². The fourth-order valence-corrected chi connectivity index (χ4v) is 4.37. The maximum Gasteiger partial charge on any atom is 0.336 e. The van der Waals surface area contributed by atoms with E-state index in [9.17, 15) is 14.4 Å². The van der Waals surface area contributed by atoms with Crippen molar-refractivity contribution in [3.8, 4) is 0 Å². The number of carbonyl (C=O) groups is 2. The predicted octanol–water partition coefficient (Wildman–Crippen LogP) is 4.78. The third-order valence-corrected chi connectivity index (χ3v) is 5.76. The number of hydrogen-bond donors (Lipinski definition) is 1. The minimum Gasteiger partial charge on any atom is -0.463 e.